The third kappa shape index (κ3) is 2.90. The van der Waals surface area contributed by atoms with Gasteiger partial charge in [0, 0.05) is 13.5 Å². The van der Waals surface area contributed by atoms with Crippen LogP contribution in [0.2, 0.25) is 0 Å². The summed E-state index contributed by atoms with van der Waals surface area (Å²) in [5.41, 5.74) is 3.23. The van der Waals surface area contributed by atoms with Gasteiger partial charge in [-0.2, -0.15) is 0 Å². The summed E-state index contributed by atoms with van der Waals surface area (Å²) < 4.78 is 11.0. The Morgan fingerprint density at radius 3 is 2.73 bits per heavy atom. The van der Waals surface area contributed by atoms with Crippen LogP contribution in [0, 0.1) is 13.8 Å². The van der Waals surface area contributed by atoms with Crippen molar-refractivity contribution in [2.45, 2.75) is 63.8 Å². The van der Waals surface area contributed by atoms with Gasteiger partial charge < -0.3 is 9.47 Å². The van der Waals surface area contributed by atoms with E-state index in [0.29, 0.717) is 0 Å². The zero-order valence-corrected chi connectivity index (χ0v) is 13.6. The van der Waals surface area contributed by atoms with Crippen LogP contribution in [-0.4, -0.2) is 30.9 Å². The summed E-state index contributed by atoms with van der Waals surface area (Å²) in [5.74, 6) is -0.0858. The maximum absolute atomic E-state index is 12.4. The van der Waals surface area contributed by atoms with Crippen LogP contribution >= 0.6 is 0 Å². The predicted octanol–water partition coefficient (Wildman–Crippen LogP) is 2.65. The monoisotopic (exact) mass is 303 g/mol. The number of ether oxygens (including phenoxy) is 2. The molecule has 22 heavy (non-hydrogen) atoms. The molecule has 1 spiro atoms. The number of hydrogen-bond acceptors (Lipinski definition) is 4. The lowest BCUT2D eigenvalue weighted by molar-refractivity contribution is -0.146. The van der Waals surface area contributed by atoms with Crippen molar-refractivity contribution in [3.8, 4) is 0 Å². The van der Waals surface area contributed by atoms with Crippen molar-refractivity contribution in [3.05, 3.63) is 34.9 Å². The Labute approximate surface area is 132 Å². The molecule has 4 nitrogen and oxygen atoms in total. The highest BCUT2D eigenvalue weighted by atomic mass is 16.6. The molecule has 2 aliphatic rings. The fourth-order valence-corrected chi connectivity index (χ4v) is 3.62. The molecule has 1 aliphatic heterocycles. The van der Waals surface area contributed by atoms with Gasteiger partial charge in [-0.3, -0.25) is 5.32 Å². The molecule has 120 valence electrons. The molecule has 0 radical (unpaired) electrons. The topological polar surface area (TPSA) is 47.6 Å². The summed E-state index contributed by atoms with van der Waals surface area (Å²) in [4.78, 5) is 12.4. The van der Waals surface area contributed by atoms with Crippen molar-refractivity contribution in [2.75, 3.05) is 7.11 Å². The van der Waals surface area contributed by atoms with E-state index in [-0.39, 0.29) is 18.3 Å². The molecule has 2 fully saturated rings. The molecule has 1 N–H and O–H groups in total. The smallest absolute Gasteiger partial charge is 0.328 e. The maximum atomic E-state index is 12.4. The van der Waals surface area contributed by atoms with Crippen molar-refractivity contribution in [2.24, 2.45) is 0 Å². The number of carbonyl (C=O) groups is 1. The Morgan fingerprint density at radius 1 is 1.32 bits per heavy atom. The maximum Gasteiger partial charge on any atom is 0.328 e. The number of benzene rings is 1. The van der Waals surface area contributed by atoms with Crippen LogP contribution in [0.4, 0.5) is 0 Å². The van der Waals surface area contributed by atoms with Gasteiger partial charge in [0.05, 0.1) is 6.10 Å². The third-order valence-corrected chi connectivity index (χ3v) is 5.11. The molecule has 1 aromatic rings. The van der Waals surface area contributed by atoms with Gasteiger partial charge in [-0.1, -0.05) is 23.8 Å². The van der Waals surface area contributed by atoms with Crippen LogP contribution in [0.5, 0.6) is 0 Å². The van der Waals surface area contributed by atoms with E-state index in [1.54, 1.807) is 7.11 Å². The Morgan fingerprint density at radius 2 is 2.05 bits per heavy atom. The second-order valence-electron chi connectivity index (χ2n) is 6.69. The first-order valence-corrected chi connectivity index (χ1v) is 8.10. The van der Waals surface area contributed by atoms with Crippen LogP contribution in [0.25, 0.3) is 0 Å². The Balaban J connectivity index is 1.68. The first-order valence-electron chi connectivity index (χ1n) is 8.10. The number of cyclic esters (lactones) is 1. The number of esters is 1. The lowest BCUT2D eigenvalue weighted by Crippen LogP contribution is -2.51. The summed E-state index contributed by atoms with van der Waals surface area (Å²) in [6.45, 7) is 4.19. The molecule has 1 atom stereocenters. The van der Waals surface area contributed by atoms with Crippen LogP contribution in [0.15, 0.2) is 18.2 Å². The average Bonchev–Trinajstić information content (AvgIpc) is 2.80. The van der Waals surface area contributed by atoms with Crippen LogP contribution in [0.3, 0.4) is 0 Å². The molecule has 1 aliphatic carbocycles. The van der Waals surface area contributed by atoms with E-state index < -0.39 is 5.54 Å². The summed E-state index contributed by atoms with van der Waals surface area (Å²) in [5, 5.41) is 3.47. The zero-order chi connectivity index (χ0) is 15.7. The van der Waals surface area contributed by atoms with Gasteiger partial charge in [0.2, 0.25) is 0 Å². The highest BCUT2D eigenvalue weighted by Gasteiger charge is 2.50. The highest BCUT2D eigenvalue weighted by molar-refractivity contribution is 5.83. The van der Waals surface area contributed by atoms with Crippen LogP contribution in [0.1, 0.15) is 42.4 Å². The highest BCUT2D eigenvalue weighted by Crippen LogP contribution is 2.35. The van der Waals surface area contributed by atoms with E-state index in [1.165, 1.54) is 16.7 Å². The van der Waals surface area contributed by atoms with E-state index >= 15 is 0 Å². The standard InChI is InChI=1S/C18H25NO3/c1-12-4-5-13(2)14(10-12)11-16-19-18(17(20)22-16)8-6-15(21-3)7-9-18/h4-5,10,15-16,19H,6-9,11H2,1-3H3/t15-,16?,18+. The van der Waals surface area contributed by atoms with Gasteiger partial charge in [0.1, 0.15) is 5.54 Å². The minimum Gasteiger partial charge on any atom is -0.445 e. The quantitative estimate of drug-likeness (QED) is 0.872. The largest absolute Gasteiger partial charge is 0.445 e. The minimum atomic E-state index is -0.489. The minimum absolute atomic E-state index is 0.0858. The molecule has 0 amide bonds. The Hall–Kier alpha value is -1.39. The normalized spacial score (nSPS) is 31.5. The average molecular weight is 303 g/mol. The second kappa shape index (κ2) is 6.01. The number of rotatable bonds is 3. The summed E-state index contributed by atoms with van der Waals surface area (Å²) in [7, 11) is 1.74. The van der Waals surface area contributed by atoms with Crippen LogP contribution in [-0.2, 0) is 20.7 Å². The lowest BCUT2D eigenvalue weighted by atomic mass is 9.80. The number of methoxy groups -OCH3 is 1. The molecule has 0 bridgehead atoms. The molecule has 1 saturated carbocycles. The Kier molecular flexibility index (Phi) is 4.24. The molecular weight excluding hydrogens is 278 g/mol. The van der Waals surface area contributed by atoms with Gasteiger partial charge in [-0.15, -0.1) is 0 Å². The molecule has 0 aromatic heterocycles. The van der Waals surface area contributed by atoms with E-state index in [1.807, 2.05) is 0 Å². The van der Waals surface area contributed by atoms with Gasteiger partial charge >= 0.3 is 5.97 Å². The summed E-state index contributed by atoms with van der Waals surface area (Å²) in [6, 6.07) is 6.42. The lowest BCUT2D eigenvalue weighted by Gasteiger charge is -2.33. The van der Waals surface area contributed by atoms with E-state index in [2.05, 4.69) is 37.4 Å². The first kappa shape index (κ1) is 15.5. The molecule has 3 rings (SSSR count). The van der Waals surface area contributed by atoms with Crippen molar-refractivity contribution in [3.63, 3.8) is 0 Å². The number of nitrogens with one attached hydrogen (secondary N) is 1. The van der Waals surface area contributed by atoms with Gasteiger partial charge in [0.25, 0.3) is 0 Å². The first-order chi connectivity index (χ1) is 10.5. The van der Waals surface area contributed by atoms with Crippen molar-refractivity contribution in [1.82, 2.24) is 5.32 Å². The van der Waals surface area contributed by atoms with Crippen molar-refractivity contribution < 1.29 is 14.3 Å². The molecular formula is C18H25NO3. The zero-order valence-electron chi connectivity index (χ0n) is 13.6. The van der Waals surface area contributed by atoms with Gasteiger partial charge in [-0.05, 0) is 50.7 Å². The number of aryl methyl sites for hydroxylation is 2. The predicted molar refractivity (Wildman–Crippen MR) is 84.6 cm³/mol. The molecule has 4 heteroatoms. The summed E-state index contributed by atoms with van der Waals surface area (Å²) in [6.07, 6.45) is 4.21. The SMILES string of the molecule is CO[C@H]1CC[C@]2(CC1)NC(Cc1cc(C)ccc1C)OC2=O. The van der Waals surface area contributed by atoms with E-state index in [4.69, 9.17) is 9.47 Å². The van der Waals surface area contributed by atoms with Crippen molar-refractivity contribution >= 4 is 5.97 Å². The fourth-order valence-electron chi connectivity index (χ4n) is 3.62. The van der Waals surface area contributed by atoms with E-state index in [9.17, 15) is 4.79 Å². The molecule has 1 saturated heterocycles. The van der Waals surface area contributed by atoms with Gasteiger partial charge in [0.15, 0.2) is 6.23 Å². The van der Waals surface area contributed by atoms with Crippen LogP contribution < -0.4 is 5.32 Å². The third-order valence-electron chi connectivity index (χ3n) is 5.11. The second-order valence-corrected chi connectivity index (χ2v) is 6.69. The number of carbonyl (C=O) groups excluding carboxylic acids is 1. The fraction of sp³-hybridized carbons (Fsp3) is 0.611. The molecule has 1 aromatic carbocycles. The molecule has 1 unspecified atom stereocenters. The Bertz CT molecular complexity index is 561. The van der Waals surface area contributed by atoms with Gasteiger partial charge in [-0.25, -0.2) is 4.79 Å². The van der Waals surface area contributed by atoms with Crippen molar-refractivity contribution in [1.29, 1.82) is 0 Å². The molecule has 1 heterocycles. The number of hydrogen-bond donors (Lipinski definition) is 1. The summed E-state index contributed by atoms with van der Waals surface area (Å²) >= 11 is 0. The van der Waals surface area contributed by atoms with E-state index in [0.717, 1.165) is 32.1 Å².